The molecule has 1 heterocycles. The van der Waals surface area contributed by atoms with Crippen LogP contribution in [0, 0.1) is 0 Å². The number of hydrogen-bond donors (Lipinski definition) is 1. The highest BCUT2D eigenvalue weighted by molar-refractivity contribution is 9.10. The Morgan fingerprint density at radius 2 is 2.19 bits per heavy atom. The lowest BCUT2D eigenvalue weighted by molar-refractivity contribution is 0.866. The standard InChI is InChI=1S/C11H10BrN3S/c12-9-2-1-3-10(6-9)16-11-8(7-13)4-5-14-15-11/h1-6H,7,13H2. The summed E-state index contributed by atoms with van der Waals surface area (Å²) in [5.41, 5.74) is 6.66. The maximum Gasteiger partial charge on any atom is 0.128 e. The largest absolute Gasteiger partial charge is 0.326 e. The van der Waals surface area contributed by atoms with E-state index in [1.54, 1.807) is 18.0 Å². The number of aromatic nitrogens is 2. The summed E-state index contributed by atoms with van der Waals surface area (Å²) in [6, 6.07) is 9.95. The molecular formula is C11H10BrN3S. The minimum absolute atomic E-state index is 0.478. The maximum absolute atomic E-state index is 5.64. The predicted molar refractivity (Wildman–Crippen MR) is 68.2 cm³/mol. The van der Waals surface area contributed by atoms with Gasteiger partial charge in [-0.05, 0) is 24.3 Å². The number of nitrogens with zero attached hydrogens (tertiary/aromatic N) is 2. The fourth-order valence-electron chi connectivity index (χ4n) is 1.23. The second-order valence-corrected chi connectivity index (χ2v) is 5.10. The number of rotatable bonds is 3. The Bertz CT molecular complexity index is 490. The fraction of sp³-hybridized carbons (Fsp3) is 0.0909. The highest BCUT2D eigenvalue weighted by atomic mass is 79.9. The molecule has 0 bridgehead atoms. The Morgan fingerprint density at radius 1 is 1.31 bits per heavy atom. The van der Waals surface area contributed by atoms with Crippen LogP contribution in [0.1, 0.15) is 5.56 Å². The van der Waals surface area contributed by atoms with E-state index in [9.17, 15) is 0 Å². The molecule has 0 spiro atoms. The summed E-state index contributed by atoms with van der Waals surface area (Å²) >= 11 is 5.01. The molecular weight excluding hydrogens is 286 g/mol. The quantitative estimate of drug-likeness (QED) is 0.946. The molecule has 0 saturated heterocycles. The van der Waals surface area contributed by atoms with Gasteiger partial charge in [0.1, 0.15) is 5.03 Å². The highest BCUT2D eigenvalue weighted by Gasteiger charge is 2.05. The zero-order valence-electron chi connectivity index (χ0n) is 8.43. The van der Waals surface area contributed by atoms with Crippen molar-refractivity contribution in [2.24, 2.45) is 5.73 Å². The van der Waals surface area contributed by atoms with Gasteiger partial charge in [0.25, 0.3) is 0 Å². The van der Waals surface area contributed by atoms with Crippen molar-refractivity contribution in [1.82, 2.24) is 10.2 Å². The lowest BCUT2D eigenvalue weighted by Gasteiger charge is -2.04. The van der Waals surface area contributed by atoms with Crippen molar-refractivity contribution in [3.8, 4) is 0 Å². The predicted octanol–water partition coefficient (Wildman–Crippen LogP) is 2.85. The van der Waals surface area contributed by atoms with Crippen molar-refractivity contribution in [3.05, 3.63) is 46.6 Å². The van der Waals surface area contributed by atoms with Gasteiger partial charge >= 0.3 is 0 Å². The van der Waals surface area contributed by atoms with Crippen LogP contribution in [-0.4, -0.2) is 10.2 Å². The summed E-state index contributed by atoms with van der Waals surface area (Å²) in [5.74, 6) is 0. The van der Waals surface area contributed by atoms with Gasteiger partial charge in [-0.3, -0.25) is 0 Å². The molecule has 0 aliphatic carbocycles. The Labute approximate surface area is 107 Å². The first-order valence-corrected chi connectivity index (χ1v) is 6.34. The third kappa shape index (κ3) is 2.81. The monoisotopic (exact) mass is 295 g/mol. The molecule has 0 saturated carbocycles. The van der Waals surface area contributed by atoms with E-state index in [-0.39, 0.29) is 0 Å². The van der Waals surface area contributed by atoms with Gasteiger partial charge in [0.2, 0.25) is 0 Å². The second kappa shape index (κ2) is 5.43. The Morgan fingerprint density at radius 3 is 2.94 bits per heavy atom. The molecule has 1 aromatic carbocycles. The Balaban J connectivity index is 2.26. The molecule has 82 valence electrons. The van der Waals surface area contributed by atoms with Crippen LogP contribution in [0.5, 0.6) is 0 Å². The molecule has 5 heteroatoms. The zero-order chi connectivity index (χ0) is 11.4. The molecule has 0 unspecified atom stereocenters. The molecule has 0 fully saturated rings. The van der Waals surface area contributed by atoms with Crippen molar-refractivity contribution < 1.29 is 0 Å². The highest BCUT2D eigenvalue weighted by Crippen LogP contribution is 2.29. The molecule has 0 radical (unpaired) electrons. The van der Waals surface area contributed by atoms with Crippen molar-refractivity contribution in [2.75, 3.05) is 0 Å². The van der Waals surface area contributed by atoms with E-state index < -0.39 is 0 Å². The maximum atomic E-state index is 5.64. The van der Waals surface area contributed by atoms with Gasteiger partial charge in [0, 0.05) is 27.7 Å². The number of nitrogens with two attached hydrogens (primary N) is 1. The van der Waals surface area contributed by atoms with Gasteiger partial charge < -0.3 is 5.73 Å². The van der Waals surface area contributed by atoms with E-state index in [1.807, 2.05) is 30.3 Å². The van der Waals surface area contributed by atoms with Crippen LogP contribution >= 0.6 is 27.7 Å². The minimum atomic E-state index is 0.478. The molecule has 0 atom stereocenters. The first-order valence-electron chi connectivity index (χ1n) is 4.73. The van der Waals surface area contributed by atoms with Gasteiger partial charge in [-0.15, -0.1) is 5.10 Å². The lowest BCUT2D eigenvalue weighted by Crippen LogP contribution is -2.00. The molecule has 2 rings (SSSR count). The summed E-state index contributed by atoms with van der Waals surface area (Å²) in [6.07, 6.45) is 1.66. The van der Waals surface area contributed by atoms with Crippen LogP contribution in [0.15, 0.2) is 50.9 Å². The van der Waals surface area contributed by atoms with Crippen LogP contribution in [0.3, 0.4) is 0 Å². The molecule has 3 nitrogen and oxygen atoms in total. The third-order valence-electron chi connectivity index (χ3n) is 2.00. The Hall–Kier alpha value is -0.910. The molecule has 0 amide bonds. The first kappa shape index (κ1) is 11.6. The smallest absolute Gasteiger partial charge is 0.128 e. The van der Waals surface area contributed by atoms with Crippen molar-refractivity contribution >= 4 is 27.7 Å². The van der Waals surface area contributed by atoms with Crippen LogP contribution in [-0.2, 0) is 6.54 Å². The number of benzene rings is 1. The van der Waals surface area contributed by atoms with E-state index in [0.717, 1.165) is 20.0 Å². The van der Waals surface area contributed by atoms with Gasteiger partial charge in [-0.25, -0.2) is 0 Å². The fourth-order valence-corrected chi connectivity index (χ4v) is 2.70. The van der Waals surface area contributed by atoms with E-state index >= 15 is 0 Å². The Kier molecular flexibility index (Phi) is 3.93. The topological polar surface area (TPSA) is 51.8 Å². The van der Waals surface area contributed by atoms with Crippen molar-refractivity contribution in [3.63, 3.8) is 0 Å². The van der Waals surface area contributed by atoms with Crippen LogP contribution in [0.4, 0.5) is 0 Å². The van der Waals surface area contributed by atoms with Gasteiger partial charge in [0.15, 0.2) is 0 Å². The minimum Gasteiger partial charge on any atom is -0.326 e. The molecule has 2 N–H and O–H groups in total. The van der Waals surface area contributed by atoms with E-state index in [4.69, 9.17) is 5.73 Å². The molecule has 0 aliphatic rings. The van der Waals surface area contributed by atoms with E-state index in [2.05, 4.69) is 26.1 Å². The van der Waals surface area contributed by atoms with E-state index in [1.165, 1.54) is 0 Å². The lowest BCUT2D eigenvalue weighted by atomic mass is 10.3. The second-order valence-electron chi connectivity index (χ2n) is 3.13. The molecule has 2 aromatic rings. The van der Waals surface area contributed by atoms with E-state index in [0.29, 0.717) is 6.54 Å². The average molecular weight is 296 g/mol. The summed E-state index contributed by atoms with van der Waals surface area (Å²) in [7, 11) is 0. The van der Waals surface area contributed by atoms with Gasteiger partial charge in [-0.1, -0.05) is 33.8 Å². The normalized spacial score (nSPS) is 10.4. The summed E-state index contributed by atoms with van der Waals surface area (Å²) in [6.45, 7) is 0.478. The third-order valence-corrected chi connectivity index (χ3v) is 3.52. The first-order chi connectivity index (χ1) is 7.79. The van der Waals surface area contributed by atoms with Crippen LogP contribution < -0.4 is 5.73 Å². The van der Waals surface area contributed by atoms with Crippen molar-refractivity contribution in [1.29, 1.82) is 0 Å². The molecule has 1 aromatic heterocycles. The summed E-state index contributed by atoms with van der Waals surface area (Å²) < 4.78 is 1.05. The van der Waals surface area contributed by atoms with Crippen molar-refractivity contribution in [2.45, 2.75) is 16.5 Å². The SMILES string of the molecule is NCc1ccnnc1Sc1cccc(Br)c1. The zero-order valence-corrected chi connectivity index (χ0v) is 10.8. The summed E-state index contributed by atoms with van der Waals surface area (Å²) in [4.78, 5) is 1.12. The summed E-state index contributed by atoms with van der Waals surface area (Å²) in [5, 5.41) is 8.83. The molecule has 16 heavy (non-hydrogen) atoms. The number of hydrogen-bond acceptors (Lipinski definition) is 4. The average Bonchev–Trinajstić information content (AvgIpc) is 2.30. The van der Waals surface area contributed by atoms with Gasteiger partial charge in [-0.2, -0.15) is 5.10 Å². The molecule has 0 aliphatic heterocycles. The van der Waals surface area contributed by atoms with Crippen LogP contribution in [0.25, 0.3) is 0 Å². The number of halogens is 1. The van der Waals surface area contributed by atoms with Gasteiger partial charge in [0.05, 0.1) is 0 Å². The van der Waals surface area contributed by atoms with Crippen LogP contribution in [0.2, 0.25) is 0 Å².